The number of aromatic nitrogens is 1. The van der Waals surface area contributed by atoms with Crippen LogP contribution in [0.4, 0.5) is 17.1 Å². The van der Waals surface area contributed by atoms with Crippen molar-refractivity contribution in [3.8, 4) is 33.7 Å². The van der Waals surface area contributed by atoms with Crippen LogP contribution in [0.1, 0.15) is 0 Å². The Bertz CT molecular complexity index is 2850. The highest BCUT2D eigenvalue weighted by molar-refractivity contribution is 6.15. The second-order valence-corrected chi connectivity index (χ2v) is 12.8. The molecule has 0 aliphatic rings. The van der Waals surface area contributed by atoms with E-state index in [0.717, 1.165) is 61.2 Å². The molecular weight excluding hydrogens is 625 g/mol. The molecule has 4 nitrogen and oxygen atoms in total. The van der Waals surface area contributed by atoms with E-state index in [0.29, 0.717) is 11.5 Å². The SMILES string of the molecule is c1ccc(-c2cccc(N(c3ccc(-c4cccc5oc6cc7oc(-c8ccccc8)nc7cc6c45)cc3)c3ccc4ccccc4c3)c2)cc1. The quantitative estimate of drug-likeness (QED) is 0.179. The Labute approximate surface area is 294 Å². The fourth-order valence-corrected chi connectivity index (χ4v) is 7.20. The van der Waals surface area contributed by atoms with Crippen LogP contribution in [0.15, 0.2) is 191 Å². The van der Waals surface area contributed by atoms with Crippen LogP contribution >= 0.6 is 0 Å². The Balaban J connectivity index is 1.08. The van der Waals surface area contributed by atoms with Gasteiger partial charge < -0.3 is 13.7 Å². The van der Waals surface area contributed by atoms with Gasteiger partial charge in [-0.05, 0) is 93.7 Å². The van der Waals surface area contributed by atoms with Crippen LogP contribution in [0.3, 0.4) is 0 Å². The molecule has 10 aromatic rings. The molecule has 0 atom stereocenters. The van der Waals surface area contributed by atoms with Crippen LogP contribution < -0.4 is 4.90 Å². The standard InChI is InChI=1S/C47H30N2O2/c1-3-11-31(12-4-1)36-17-9-18-38(27-36)49(39-26-21-32-13-7-8-16-35(32)28-39)37-24-22-33(23-25-37)40-19-10-20-43-46(40)41-29-42-45(30-44(41)50-43)51-47(48-42)34-14-5-2-6-15-34/h1-30H. The molecule has 0 bridgehead atoms. The molecule has 10 rings (SSSR count). The van der Waals surface area contributed by atoms with Gasteiger partial charge in [-0.3, -0.25) is 0 Å². The molecule has 0 aliphatic heterocycles. The van der Waals surface area contributed by atoms with Gasteiger partial charge in [0.2, 0.25) is 5.89 Å². The molecule has 0 unspecified atom stereocenters. The lowest BCUT2D eigenvalue weighted by molar-refractivity contribution is 0.617. The number of hydrogen-bond acceptors (Lipinski definition) is 4. The first-order valence-corrected chi connectivity index (χ1v) is 17.1. The van der Waals surface area contributed by atoms with Crippen molar-refractivity contribution in [3.05, 3.63) is 182 Å². The molecule has 0 radical (unpaired) electrons. The van der Waals surface area contributed by atoms with Gasteiger partial charge in [-0.15, -0.1) is 0 Å². The van der Waals surface area contributed by atoms with Gasteiger partial charge in [0.05, 0.1) is 0 Å². The summed E-state index contributed by atoms with van der Waals surface area (Å²) in [6, 6.07) is 63.6. The summed E-state index contributed by atoms with van der Waals surface area (Å²) in [5.41, 5.74) is 11.9. The molecule has 0 saturated carbocycles. The normalized spacial score (nSPS) is 11.5. The first kappa shape index (κ1) is 29.0. The third-order valence-electron chi connectivity index (χ3n) is 9.67. The smallest absolute Gasteiger partial charge is 0.227 e. The van der Waals surface area contributed by atoms with Crippen LogP contribution in [-0.4, -0.2) is 4.98 Å². The Morgan fingerprint density at radius 2 is 1.08 bits per heavy atom. The molecule has 0 amide bonds. The molecule has 240 valence electrons. The van der Waals surface area contributed by atoms with Crippen LogP contribution in [0, 0.1) is 0 Å². The molecule has 8 aromatic carbocycles. The van der Waals surface area contributed by atoms with Gasteiger partial charge in [0.1, 0.15) is 16.7 Å². The lowest BCUT2D eigenvalue weighted by Crippen LogP contribution is -2.10. The first-order valence-electron chi connectivity index (χ1n) is 17.1. The van der Waals surface area contributed by atoms with Gasteiger partial charge in [-0.1, -0.05) is 115 Å². The summed E-state index contributed by atoms with van der Waals surface area (Å²) in [4.78, 5) is 7.18. The zero-order chi connectivity index (χ0) is 33.7. The number of anilines is 3. The van der Waals surface area contributed by atoms with Crippen LogP contribution in [-0.2, 0) is 0 Å². The number of nitrogens with zero attached hydrogens (tertiary/aromatic N) is 2. The maximum absolute atomic E-state index is 6.40. The average Bonchev–Trinajstić information content (AvgIpc) is 3.79. The largest absolute Gasteiger partial charge is 0.456 e. The van der Waals surface area contributed by atoms with E-state index in [4.69, 9.17) is 13.8 Å². The van der Waals surface area contributed by atoms with E-state index in [-0.39, 0.29) is 0 Å². The molecule has 2 aromatic heterocycles. The van der Waals surface area contributed by atoms with E-state index in [1.165, 1.54) is 21.9 Å². The predicted octanol–water partition coefficient (Wildman–Crippen LogP) is 13.4. The lowest BCUT2D eigenvalue weighted by atomic mass is 9.98. The zero-order valence-corrected chi connectivity index (χ0v) is 27.5. The number of hydrogen-bond donors (Lipinski definition) is 0. The van der Waals surface area contributed by atoms with Crippen LogP contribution in [0.25, 0.3) is 77.5 Å². The minimum atomic E-state index is 0.601. The number of oxazole rings is 1. The summed E-state index contributed by atoms with van der Waals surface area (Å²) < 4.78 is 12.6. The predicted molar refractivity (Wildman–Crippen MR) is 210 cm³/mol. The minimum Gasteiger partial charge on any atom is -0.456 e. The van der Waals surface area contributed by atoms with E-state index >= 15 is 0 Å². The van der Waals surface area contributed by atoms with Gasteiger partial charge >= 0.3 is 0 Å². The lowest BCUT2D eigenvalue weighted by Gasteiger charge is -2.26. The Morgan fingerprint density at radius 3 is 1.90 bits per heavy atom. The van der Waals surface area contributed by atoms with Gasteiger partial charge in [0.25, 0.3) is 0 Å². The summed E-state index contributed by atoms with van der Waals surface area (Å²) in [6.45, 7) is 0. The Hall–Kier alpha value is -6.91. The number of fused-ring (bicyclic) bond motifs is 5. The van der Waals surface area contributed by atoms with Crippen molar-refractivity contribution in [3.63, 3.8) is 0 Å². The van der Waals surface area contributed by atoms with Gasteiger partial charge in [0.15, 0.2) is 5.58 Å². The van der Waals surface area contributed by atoms with E-state index in [1.807, 2.05) is 42.5 Å². The topological polar surface area (TPSA) is 42.4 Å². The van der Waals surface area contributed by atoms with E-state index in [1.54, 1.807) is 0 Å². The second-order valence-electron chi connectivity index (χ2n) is 12.8. The molecule has 0 aliphatic carbocycles. The van der Waals surface area contributed by atoms with Crippen molar-refractivity contribution in [1.82, 2.24) is 4.98 Å². The van der Waals surface area contributed by atoms with Gasteiger partial charge in [-0.2, -0.15) is 0 Å². The summed E-state index contributed by atoms with van der Waals surface area (Å²) in [5, 5.41) is 4.50. The molecule has 0 saturated heterocycles. The summed E-state index contributed by atoms with van der Waals surface area (Å²) in [5.74, 6) is 0.601. The first-order chi connectivity index (χ1) is 25.2. The van der Waals surface area contributed by atoms with Gasteiger partial charge in [0, 0.05) is 39.5 Å². The summed E-state index contributed by atoms with van der Waals surface area (Å²) in [7, 11) is 0. The number of benzene rings is 8. The molecule has 0 spiro atoms. The van der Waals surface area contributed by atoms with E-state index < -0.39 is 0 Å². The average molecular weight is 655 g/mol. The Morgan fingerprint density at radius 1 is 0.392 bits per heavy atom. The minimum absolute atomic E-state index is 0.601. The van der Waals surface area contributed by atoms with Crippen LogP contribution in [0.2, 0.25) is 0 Å². The van der Waals surface area contributed by atoms with Gasteiger partial charge in [-0.25, -0.2) is 4.98 Å². The van der Waals surface area contributed by atoms with Crippen molar-refractivity contribution in [2.24, 2.45) is 0 Å². The second kappa shape index (κ2) is 11.9. The van der Waals surface area contributed by atoms with Crippen molar-refractivity contribution in [1.29, 1.82) is 0 Å². The third kappa shape index (κ3) is 5.13. The molecule has 4 heteroatoms. The molecule has 0 N–H and O–H groups in total. The molecular formula is C47H30N2O2. The zero-order valence-electron chi connectivity index (χ0n) is 27.5. The summed E-state index contributed by atoms with van der Waals surface area (Å²) >= 11 is 0. The highest BCUT2D eigenvalue weighted by atomic mass is 16.4. The molecule has 51 heavy (non-hydrogen) atoms. The van der Waals surface area contributed by atoms with Crippen molar-refractivity contribution < 1.29 is 8.83 Å². The van der Waals surface area contributed by atoms with Crippen molar-refractivity contribution in [2.45, 2.75) is 0 Å². The van der Waals surface area contributed by atoms with Crippen molar-refractivity contribution in [2.75, 3.05) is 4.90 Å². The highest BCUT2D eigenvalue weighted by Gasteiger charge is 2.18. The number of furan rings is 1. The fraction of sp³-hybridized carbons (Fsp3) is 0. The molecule has 2 heterocycles. The monoisotopic (exact) mass is 654 g/mol. The highest BCUT2D eigenvalue weighted by Crippen LogP contribution is 2.42. The van der Waals surface area contributed by atoms with Crippen LogP contribution in [0.5, 0.6) is 0 Å². The van der Waals surface area contributed by atoms with E-state index in [9.17, 15) is 0 Å². The fourth-order valence-electron chi connectivity index (χ4n) is 7.20. The summed E-state index contributed by atoms with van der Waals surface area (Å²) in [6.07, 6.45) is 0. The van der Waals surface area contributed by atoms with E-state index in [2.05, 4.69) is 144 Å². The molecule has 0 fully saturated rings. The van der Waals surface area contributed by atoms with Crippen molar-refractivity contribution >= 4 is 60.9 Å². The third-order valence-corrected chi connectivity index (χ3v) is 9.67. The Kier molecular flexibility index (Phi) is 6.78. The number of rotatable bonds is 6. The maximum atomic E-state index is 6.40. The maximum Gasteiger partial charge on any atom is 0.227 e.